The highest BCUT2D eigenvalue weighted by molar-refractivity contribution is 7.99. The lowest BCUT2D eigenvalue weighted by atomic mass is 10.1. The maximum absolute atomic E-state index is 12.5. The molecule has 9 heteroatoms. The van der Waals surface area contributed by atoms with Crippen LogP contribution in [0.15, 0.2) is 60.7 Å². The Morgan fingerprint density at radius 1 is 0.938 bits per heavy atom. The van der Waals surface area contributed by atoms with Crippen LogP contribution in [0.2, 0.25) is 0 Å². The van der Waals surface area contributed by atoms with Gasteiger partial charge in [0.2, 0.25) is 11.8 Å². The molecule has 0 aliphatic heterocycles. The molecule has 3 N–H and O–H groups in total. The van der Waals surface area contributed by atoms with E-state index in [9.17, 15) is 14.4 Å². The van der Waals surface area contributed by atoms with E-state index in [1.54, 1.807) is 31.2 Å². The second-order valence-corrected chi connectivity index (χ2v) is 8.26. The van der Waals surface area contributed by atoms with E-state index < -0.39 is 17.8 Å². The molecule has 0 unspecified atom stereocenters. The van der Waals surface area contributed by atoms with Crippen molar-refractivity contribution in [1.82, 2.24) is 0 Å². The molecule has 1 heterocycles. The average Bonchev–Trinajstić information content (AvgIpc) is 3.18. The highest BCUT2D eigenvalue weighted by Gasteiger charge is 2.21. The Hall–Kier alpha value is -3.30. The van der Waals surface area contributed by atoms with Crippen molar-refractivity contribution in [2.45, 2.75) is 13.3 Å². The monoisotopic (exact) mass is 469 g/mol. The van der Waals surface area contributed by atoms with E-state index in [0.29, 0.717) is 10.7 Å². The Kier molecular flexibility index (Phi) is 8.29. The minimum atomic E-state index is -0.524. The largest absolute Gasteiger partial charge is 0.462 e. The molecule has 166 valence electrons. The zero-order valence-corrected chi connectivity index (χ0v) is 19.3. The summed E-state index contributed by atoms with van der Waals surface area (Å²) in [4.78, 5) is 38.1. The van der Waals surface area contributed by atoms with Crippen LogP contribution in [0.1, 0.15) is 23.7 Å². The van der Waals surface area contributed by atoms with Crippen molar-refractivity contribution >= 4 is 57.4 Å². The third-order valence-electron chi connectivity index (χ3n) is 4.23. The fourth-order valence-electron chi connectivity index (χ4n) is 2.89. The van der Waals surface area contributed by atoms with Gasteiger partial charge in [0, 0.05) is 22.5 Å². The first-order chi connectivity index (χ1) is 15.5. The van der Waals surface area contributed by atoms with Crippen LogP contribution in [0.5, 0.6) is 0 Å². The molecule has 0 aliphatic carbocycles. The summed E-state index contributed by atoms with van der Waals surface area (Å²) < 4.78 is 8.20. The summed E-state index contributed by atoms with van der Waals surface area (Å²) in [5.41, 5.74) is 2.60. The van der Waals surface area contributed by atoms with Gasteiger partial charge in [-0.2, -0.15) is 0 Å². The maximum Gasteiger partial charge on any atom is 0.341 e. The molecular weight excluding hydrogens is 446 g/mol. The van der Waals surface area contributed by atoms with E-state index in [4.69, 9.17) is 4.74 Å². The molecule has 3 rings (SSSR count). The highest BCUT2D eigenvalue weighted by Crippen LogP contribution is 2.36. The molecule has 0 bridgehead atoms. The second kappa shape index (κ2) is 11.4. The minimum Gasteiger partial charge on any atom is -0.462 e. The van der Waals surface area contributed by atoms with Crippen LogP contribution in [0, 0.1) is 0 Å². The van der Waals surface area contributed by atoms with E-state index in [1.807, 2.05) is 42.7 Å². The number of hydrogen-bond donors (Lipinski definition) is 3. The first-order valence-corrected chi connectivity index (χ1v) is 11.9. The number of ether oxygens (including phenoxy) is 1. The average molecular weight is 470 g/mol. The van der Waals surface area contributed by atoms with Crippen molar-refractivity contribution in [3.63, 3.8) is 0 Å². The van der Waals surface area contributed by atoms with E-state index in [1.165, 1.54) is 23.3 Å². The Bertz CT molecular complexity index is 1100. The van der Waals surface area contributed by atoms with E-state index >= 15 is 0 Å². The number of rotatable bonds is 9. The highest BCUT2D eigenvalue weighted by atomic mass is 32.2. The van der Waals surface area contributed by atoms with Crippen LogP contribution in [0.3, 0.4) is 0 Å². The molecule has 32 heavy (non-hydrogen) atoms. The first-order valence-electron chi connectivity index (χ1n) is 9.85. The van der Waals surface area contributed by atoms with Gasteiger partial charge in [-0.25, -0.2) is 4.79 Å². The van der Waals surface area contributed by atoms with Gasteiger partial charge in [-0.05, 0) is 36.8 Å². The van der Waals surface area contributed by atoms with Crippen LogP contribution in [0.25, 0.3) is 10.4 Å². The first kappa shape index (κ1) is 23.4. The lowest BCUT2D eigenvalue weighted by Crippen LogP contribution is -2.22. The third-order valence-corrected chi connectivity index (χ3v) is 5.77. The molecule has 0 atom stereocenters. The number of amides is 2. The number of nitrogens with one attached hydrogen (secondary N) is 3. The lowest BCUT2D eigenvalue weighted by molar-refractivity contribution is -0.123. The molecule has 2 aromatic carbocycles. The molecule has 0 radical (unpaired) electrons. The van der Waals surface area contributed by atoms with Crippen molar-refractivity contribution < 1.29 is 19.1 Å². The van der Waals surface area contributed by atoms with Crippen LogP contribution in [-0.4, -0.2) is 30.6 Å². The van der Waals surface area contributed by atoms with Crippen molar-refractivity contribution in [3.8, 4) is 10.4 Å². The molecule has 7 nitrogen and oxygen atoms in total. The van der Waals surface area contributed by atoms with Crippen LogP contribution >= 0.6 is 23.3 Å². The van der Waals surface area contributed by atoms with Gasteiger partial charge in [0.1, 0.15) is 11.4 Å². The minimum absolute atomic E-state index is 0.218. The smallest absolute Gasteiger partial charge is 0.341 e. The molecule has 0 fully saturated rings. The predicted molar refractivity (Wildman–Crippen MR) is 131 cm³/mol. The number of esters is 1. The van der Waals surface area contributed by atoms with Gasteiger partial charge in [0.15, 0.2) is 0 Å². The molecule has 1 aromatic heterocycles. The standard InChI is InChI=1S/C23H23N3O4S2/c1-3-30-23(29)18-13-19(15-8-5-4-6-9-15)32-22(18)25-21(28)14-20(27)24-16-10-7-11-17(12-16)26-31-2/h4-13,26H,3,14H2,1-2H3,(H,24,27)(H,25,28). The number of benzene rings is 2. The fraction of sp³-hybridized carbons (Fsp3) is 0.174. The number of anilines is 3. The molecule has 0 saturated carbocycles. The quantitative estimate of drug-likeness (QED) is 0.225. The molecule has 3 aromatic rings. The molecule has 0 aliphatic rings. The predicted octanol–water partition coefficient (Wildman–Crippen LogP) is 5.25. The SMILES string of the molecule is CCOC(=O)c1cc(-c2ccccc2)sc1NC(=O)CC(=O)Nc1cccc(NSC)c1. The van der Waals surface area contributed by atoms with Gasteiger partial charge >= 0.3 is 5.97 Å². The summed E-state index contributed by atoms with van der Waals surface area (Å²) in [5, 5.41) is 5.75. The summed E-state index contributed by atoms with van der Waals surface area (Å²) in [6, 6.07) is 18.4. The number of hydrogen-bond acceptors (Lipinski definition) is 7. The zero-order valence-electron chi connectivity index (χ0n) is 17.6. The number of carbonyl (C=O) groups is 3. The van der Waals surface area contributed by atoms with Crippen molar-refractivity contribution in [3.05, 3.63) is 66.2 Å². The van der Waals surface area contributed by atoms with Crippen LogP contribution in [0.4, 0.5) is 16.4 Å². The summed E-state index contributed by atoms with van der Waals surface area (Å²) in [6.45, 7) is 1.93. The molecular formula is C23H23N3O4S2. The molecule has 0 saturated heterocycles. The molecule has 0 spiro atoms. The normalized spacial score (nSPS) is 10.3. The summed E-state index contributed by atoms with van der Waals surface area (Å²) in [7, 11) is 0. The van der Waals surface area contributed by atoms with Crippen molar-refractivity contribution in [1.29, 1.82) is 0 Å². The molecule has 2 amide bonds. The maximum atomic E-state index is 12.5. The number of carbonyl (C=O) groups excluding carboxylic acids is 3. The zero-order chi connectivity index (χ0) is 22.9. The van der Waals surface area contributed by atoms with Gasteiger partial charge in [0.25, 0.3) is 0 Å². The van der Waals surface area contributed by atoms with Crippen molar-refractivity contribution in [2.75, 3.05) is 28.2 Å². The van der Waals surface area contributed by atoms with Gasteiger partial charge < -0.3 is 20.1 Å². The van der Waals surface area contributed by atoms with E-state index in [0.717, 1.165) is 16.1 Å². The Balaban J connectivity index is 1.70. The van der Waals surface area contributed by atoms with Gasteiger partial charge in [-0.15, -0.1) is 11.3 Å². The Labute approximate surface area is 194 Å². The van der Waals surface area contributed by atoms with Gasteiger partial charge in [0.05, 0.1) is 12.2 Å². The second-order valence-electron chi connectivity index (χ2n) is 6.60. The lowest BCUT2D eigenvalue weighted by Gasteiger charge is -2.08. The fourth-order valence-corrected chi connectivity index (χ4v) is 4.32. The Morgan fingerprint density at radius 2 is 1.66 bits per heavy atom. The van der Waals surface area contributed by atoms with E-state index in [-0.39, 0.29) is 18.6 Å². The number of thiophene rings is 1. The summed E-state index contributed by atoms with van der Waals surface area (Å²) in [6.07, 6.45) is 1.51. The van der Waals surface area contributed by atoms with Crippen LogP contribution in [-0.2, 0) is 14.3 Å². The van der Waals surface area contributed by atoms with E-state index in [2.05, 4.69) is 15.4 Å². The summed E-state index contributed by atoms with van der Waals surface area (Å²) in [5.74, 6) is -1.50. The van der Waals surface area contributed by atoms with Crippen molar-refractivity contribution in [2.24, 2.45) is 0 Å². The topological polar surface area (TPSA) is 96.5 Å². The summed E-state index contributed by atoms with van der Waals surface area (Å²) >= 11 is 2.70. The van der Waals surface area contributed by atoms with Gasteiger partial charge in [-0.1, -0.05) is 48.3 Å². The third kappa shape index (κ3) is 6.35. The van der Waals surface area contributed by atoms with Crippen LogP contribution < -0.4 is 15.4 Å². The Morgan fingerprint density at radius 3 is 2.38 bits per heavy atom. The van der Waals surface area contributed by atoms with Gasteiger partial charge in [-0.3, -0.25) is 9.59 Å².